The summed E-state index contributed by atoms with van der Waals surface area (Å²) in [7, 11) is 1.64. The van der Waals surface area contributed by atoms with E-state index in [2.05, 4.69) is 40.8 Å². The van der Waals surface area contributed by atoms with E-state index in [1.807, 2.05) is 89.1 Å². The van der Waals surface area contributed by atoms with Crippen molar-refractivity contribution in [3.05, 3.63) is 105 Å². The van der Waals surface area contributed by atoms with Crippen LogP contribution in [0.2, 0.25) is 0 Å². The molecule has 7 heteroatoms. The van der Waals surface area contributed by atoms with E-state index in [9.17, 15) is 5.26 Å². The first kappa shape index (κ1) is 23.0. The lowest BCUT2D eigenvalue weighted by Crippen LogP contribution is -1.94. The van der Waals surface area contributed by atoms with Gasteiger partial charge in [0.1, 0.15) is 16.8 Å². The molecule has 5 nitrogen and oxygen atoms in total. The van der Waals surface area contributed by atoms with Crippen molar-refractivity contribution in [2.45, 2.75) is 0 Å². The average molecular weight is 586 g/mol. The van der Waals surface area contributed by atoms with Gasteiger partial charge in [0, 0.05) is 31.8 Å². The molecule has 0 spiro atoms. The quantitative estimate of drug-likeness (QED) is 0.154. The van der Waals surface area contributed by atoms with E-state index in [1.54, 1.807) is 7.11 Å². The van der Waals surface area contributed by atoms with Crippen molar-refractivity contribution in [2.75, 3.05) is 7.11 Å². The van der Waals surface area contributed by atoms with Crippen molar-refractivity contribution in [1.82, 2.24) is 14.8 Å². The summed E-state index contributed by atoms with van der Waals surface area (Å²) in [6, 6.07) is 28.2. The smallest absolute Gasteiger partial charge is 0.134 e. The van der Waals surface area contributed by atoms with Gasteiger partial charge in [-0.2, -0.15) is 10.4 Å². The molecule has 0 N–H and O–H groups in total. The molecule has 5 aromatic rings. The number of hydrogen-bond donors (Lipinski definition) is 0. The third-order valence-corrected chi connectivity index (χ3v) is 7.02. The molecule has 0 atom stereocenters. The number of methoxy groups -OCH3 is 1. The van der Waals surface area contributed by atoms with Crippen LogP contribution >= 0.6 is 33.9 Å². The molecule has 0 fully saturated rings. The summed E-state index contributed by atoms with van der Waals surface area (Å²) >= 11 is 3.75. The molecule has 0 bridgehead atoms. The summed E-state index contributed by atoms with van der Waals surface area (Å²) in [5.41, 5.74) is 5.87. The molecule has 2 heterocycles. The van der Waals surface area contributed by atoms with Gasteiger partial charge in [-0.25, -0.2) is 9.67 Å². The molecule has 0 saturated carbocycles. The highest BCUT2D eigenvalue weighted by molar-refractivity contribution is 14.1. The van der Waals surface area contributed by atoms with Crippen molar-refractivity contribution >= 4 is 45.6 Å². The zero-order chi connectivity index (χ0) is 24.2. The highest BCUT2D eigenvalue weighted by Crippen LogP contribution is 2.31. The largest absolute Gasteiger partial charge is 0.497 e. The second-order valence-electron chi connectivity index (χ2n) is 7.66. The van der Waals surface area contributed by atoms with Crippen LogP contribution in [0, 0.1) is 14.9 Å². The first-order valence-electron chi connectivity index (χ1n) is 10.8. The minimum Gasteiger partial charge on any atom is -0.497 e. The van der Waals surface area contributed by atoms with Gasteiger partial charge in [-0.1, -0.05) is 30.3 Å². The maximum Gasteiger partial charge on any atom is 0.134 e. The molecule has 0 aliphatic rings. The Labute approximate surface area is 221 Å². The van der Waals surface area contributed by atoms with Crippen molar-refractivity contribution in [1.29, 1.82) is 5.26 Å². The van der Waals surface area contributed by atoms with E-state index < -0.39 is 0 Å². The van der Waals surface area contributed by atoms with E-state index in [4.69, 9.17) is 14.8 Å². The first-order valence-corrected chi connectivity index (χ1v) is 12.7. The van der Waals surface area contributed by atoms with Crippen LogP contribution in [-0.2, 0) is 0 Å². The summed E-state index contributed by atoms with van der Waals surface area (Å²) in [5.74, 6) is 0.775. The third-order valence-electron chi connectivity index (χ3n) is 5.42. The van der Waals surface area contributed by atoms with Gasteiger partial charge >= 0.3 is 0 Å². The normalized spacial score (nSPS) is 11.3. The van der Waals surface area contributed by atoms with Gasteiger partial charge in [0.05, 0.1) is 29.8 Å². The van der Waals surface area contributed by atoms with Crippen LogP contribution in [0.1, 0.15) is 10.6 Å². The van der Waals surface area contributed by atoms with Crippen LogP contribution in [0.15, 0.2) is 90.4 Å². The minimum atomic E-state index is 0.495. The zero-order valence-corrected chi connectivity index (χ0v) is 21.7. The summed E-state index contributed by atoms with van der Waals surface area (Å²) in [6.07, 6.45) is 3.81. The van der Waals surface area contributed by atoms with Gasteiger partial charge in [0.2, 0.25) is 0 Å². The Morgan fingerprint density at radius 2 is 1.71 bits per heavy atom. The molecule has 0 aliphatic heterocycles. The molecule has 0 amide bonds. The number of nitrogens with zero attached hydrogens (tertiary/aromatic N) is 4. The molecule has 0 unspecified atom stereocenters. The van der Waals surface area contributed by atoms with E-state index in [-0.39, 0.29) is 0 Å². The van der Waals surface area contributed by atoms with E-state index >= 15 is 0 Å². The highest BCUT2D eigenvalue weighted by atomic mass is 127. The molecule has 170 valence electrons. The molecule has 3 aromatic carbocycles. The summed E-state index contributed by atoms with van der Waals surface area (Å²) in [4.78, 5) is 4.75. The number of rotatable bonds is 6. The van der Waals surface area contributed by atoms with Gasteiger partial charge in [0.25, 0.3) is 0 Å². The van der Waals surface area contributed by atoms with Gasteiger partial charge < -0.3 is 4.74 Å². The molecule has 2 aromatic heterocycles. The van der Waals surface area contributed by atoms with Crippen LogP contribution in [0.25, 0.3) is 39.9 Å². The van der Waals surface area contributed by atoms with E-state index in [0.717, 1.165) is 39.5 Å². The fourth-order valence-corrected chi connectivity index (χ4v) is 4.78. The minimum absolute atomic E-state index is 0.495. The fraction of sp³-hybridized carbons (Fsp3) is 0.0357. The Kier molecular flexibility index (Phi) is 6.75. The number of para-hydroxylation sites is 1. The van der Waals surface area contributed by atoms with E-state index in [1.165, 1.54) is 14.9 Å². The lowest BCUT2D eigenvalue weighted by molar-refractivity contribution is 0.415. The summed E-state index contributed by atoms with van der Waals surface area (Å²) < 4.78 is 8.31. The first-order chi connectivity index (χ1) is 17.1. The zero-order valence-electron chi connectivity index (χ0n) is 18.7. The number of halogens is 1. The van der Waals surface area contributed by atoms with Crippen LogP contribution < -0.4 is 4.74 Å². The number of ether oxygens (including phenoxy) is 1. The summed E-state index contributed by atoms with van der Waals surface area (Å²) in [6.45, 7) is 0. The standard InChI is InChI=1S/C28H19IN4OS/c1-34-25-13-9-20(10-14-25)27-22(17-33(32-27)24-5-3-2-4-6-24)15-21(16-30)28-31-26(18-35-28)19-7-11-23(29)12-8-19/h2-15,17-18H,1H3. The number of nitriles is 1. The number of thiazole rings is 1. The number of benzene rings is 3. The van der Waals surface area contributed by atoms with Crippen LogP contribution in [0.5, 0.6) is 5.75 Å². The molecular weight excluding hydrogens is 567 g/mol. The second-order valence-corrected chi connectivity index (χ2v) is 9.76. The lowest BCUT2D eigenvalue weighted by atomic mass is 10.1. The van der Waals surface area contributed by atoms with Gasteiger partial charge in [-0.3, -0.25) is 0 Å². The van der Waals surface area contributed by atoms with Crippen LogP contribution in [-0.4, -0.2) is 21.9 Å². The molecule has 0 aliphatic carbocycles. The average Bonchev–Trinajstić information content (AvgIpc) is 3.56. The number of allylic oxidation sites excluding steroid dienone is 1. The maximum absolute atomic E-state index is 10.0. The maximum atomic E-state index is 10.0. The molecule has 0 radical (unpaired) electrons. The van der Waals surface area contributed by atoms with E-state index in [0.29, 0.717) is 10.6 Å². The molecule has 0 saturated heterocycles. The topological polar surface area (TPSA) is 63.7 Å². The predicted molar refractivity (Wildman–Crippen MR) is 149 cm³/mol. The van der Waals surface area contributed by atoms with Crippen molar-refractivity contribution in [3.63, 3.8) is 0 Å². The Morgan fingerprint density at radius 3 is 2.40 bits per heavy atom. The Bertz CT molecular complexity index is 1530. The Balaban J connectivity index is 1.58. The van der Waals surface area contributed by atoms with Crippen molar-refractivity contribution in [3.8, 4) is 40.0 Å². The van der Waals surface area contributed by atoms with Gasteiger partial charge in [-0.05, 0) is 77.2 Å². The number of hydrogen-bond acceptors (Lipinski definition) is 5. The predicted octanol–water partition coefficient (Wildman–Crippen LogP) is 7.34. The van der Waals surface area contributed by atoms with Crippen molar-refractivity contribution in [2.24, 2.45) is 0 Å². The van der Waals surface area contributed by atoms with Crippen molar-refractivity contribution < 1.29 is 4.74 Å². The SMILES string of the molecule is COc1ccc(-c2nn(-c3ccccc3)cc2C=C(C#N)c2nc(-c3ccc(I)cc3)cs2)cc1. The monoisotopic (exact) mass is 586 g/mol. The highest BCUT2D eigenvalue weighted by Gasteiger charge is 2.15. The molecule has 35 heavy (non-hydrogen) atoms. The van der Waals surface area contributed by atoms with Crippen LogP contribution in [0.4, 0.5) is 0 Å². The van der Waals surface area contributed by atoms with Gasteiger partial charge in [-0.15, -0.1) is 11.3 Å². The molecular formula is C28H19IN4OS. The third kappa shape index (κ3) is 5.04. The van der Waals surface area contributed by atoms with Crippen LogP contribution in [0.3, 0.4) is 0 Å². The lowest BCUT2D eigenvalue weighted by Gasteiger charge is -2.03. The van der Waals surface area contributed by atoms with Gasteiger partial charge in [0.15, 0.2) is 0 Å². The Morgan fingerprint density at radius 1 is 1.00 bits per heavy atom. The Hall–Kier alpha value is -3.74. The second kappa shape index (κ2) is 10.3. The summed E-state index contributed by atoms with van der Waals surface area (Å²) in [5, 5.41) is 17.5. The number of aromatic nitrogens is 3. The fourth-order valence-electron chi connectivity index (χ4n) is 3.63. The molecule has 5 rings (SSSR count).